The van der Waals surface area contributed by atoms with Crippen molar-refractivity contribution in [2.24, 2.45) is 5.41 Å². The van der Waals surface area contributed by atoms with Gasteiger partial charge in [0.15, 0.2) is 0 Å². The van der Waals surface area contributed by atoms with Crippen molar-refractivity contribution in [1.82, 2.24) is 0 Å². The van der Waals surface area contributed by atoms with Gasteiger partial charge in [0.2, 0.25) is 0 Å². The molecular weight excluding hydrogens is 131 g/mol. The molecule has 4 nitrogen and oxygen atoms in total. The van der Waals surface area contributed by atoms with Crippen LogP contribution in [0.3, 0.4) is 0 Å². The number of hydrogen-bond acceptors (Lipinski definition) is 4. The molecule has 0 fully saturated rings. The summed E-state index contributed by atoms with van der Waals surface area (Å²) in [7, 11) is 0. The first-order chi connectivity index (χ1) is 4.24. The molecule has 0 aliphatic heterocycles. The molecule has 0 aromatic heterocycles. The molecule has 0 saturated heterocycles. The van der Waals surface area contributed by atoms with Crippen molar-refractivity contribution >= 4 is 18.9 Å². The summed E-state index contributed by atoms with van der Waals surface area (Å²) >= 11 is 0. The standard InChI is InChI=1S/C5H12O4.Li/c6-1-5(2-7,3-8)4-9;/h6-9H,1-4H2;. The average Bonchev–Trinajstić information content (AvgIpc) is 1.95. The molecule has 0 bridgehead atoms. The SMILES string of the molecule is OCC(CO)(CO)CO.[Li]. The maximum absolute atomic E-state index is 8.50. The van der Waals surface area contributed by atoms with E-state index in [0.29, 0.717) is 0 Å². The van der Waals surface area contributed by atoms with E-state index in [1.165, 1.54) is 0 Å². The zero-order chi connectivity index (χ0) is 7.33. The second kappa shape index (κ2) is 6.17. The second-order valence-electron chi connectivity index (χ2n) is 2.13. The van der Waals surface area contributed by atoms with E-state index in [9.17, 15) is 0 Å². The Morgan fingerprint density at radius 2 is 0.900 bits per heavy atom. The Labute approximate surface area is 71.7 Å². The smallest absolute Gasteiger partial charge is 0.0627 e. The van der Waals surface area contributed by atoms with E-state index in [1.54, 1.807) is 0 Å². The molecule has 5 heteroatoms. The van der Waals surface area contributed by atoms with Crippen molar-refractivity contribution in [1.29, 1.82) is 0 Å². The van der Waals surface area contributed by atoms with Crippen LogP contribution in [-0.2, 0) is 0 Å². The monoisotopic (exact) mass is 143 g/mol. The van der Waals surface area contributed by atoms with Crippen molar-refractivity contribution < 1.29 is 20.4 Å². The molecule has 0 unspecified atom stereocenters. The van der Waals surface area contributed by atoms with Crippen LogP contribution in [0.2, 0.25) is 0 Å². The molecule has 4 N–H and O–H groups in total. The Hall–Kier alpha value is 0.437. The third-order valence-electron chi connectivity index (χ3n) is 1.34. The molecule has 0 amide bonds. The molecule has 1 radical (unpaired) electrons. The predicted molar refractivity (Wildman–Crippen MR) is 36.5 cm³/mol. The van der Waals surface area contributed by atoms with E-state index in [1.807, 2.05) is 0 Å². The number of aliphatic hydroxyl groups is 4. The molecule has 0 saturated carbocycles. The van der Waals surface area contributed by atoms with Crippen molar-refractivity contribution in [3.05, 3.63) is 0 Å². The normalized spacial score (nSPS) is 10.8. The molecule has 0 aliphatic rings. The van der Waals surface area contributed by atoms with Gasteiger partial charge in [-0.05, 0) is 0 Å². The van der Waals surface area contributed by atoms with Crippen LogP contribution in [0.5, 0.6) is 0 Å². The van der Waals surface area contributed by atoms with Gasteiger partial charge in [0.05, 0.1) is 31.8 Å². The van der Waals surface area contributed by atoms with Gasteiger partial charge in [0, 0.05) is 18.9 Å². The molecule has 0 aromatic rings. The van der Waals surface area contributed by atoms with Crippen LogP contribution in [0, 0.1) is 5.41 Å². The summed E-state index contributed by atoms with van der Waals surface area (Å²) in [5, 5.41) is 34.0. The van der Waals surface area contributed by atoms with Gasteiger partial charge in [-0.3, -0.25) is 0 Å². The second-order valence-corrected chi connectivity index (χ2v) is 2.13. The zero-order valence-electron chi connectivity index (χ0n) is 6.12. The summed E-state index contributed by atoms with van der Waals surface area (Å²) in [5.41, 5.74) is -1.11. The third-order valence-corrected chi connectivity index (χ3v) is 1.34. The van der Waals surface area contributed by atoms with Crippen LogP contribution in [-0.4, -0.2) is 65.7 Å². The molecule has 0 spiro atoms. The first-order valence-electron chi connectivity index (χ1n) is 2.68. The quantitative estimate of drug-likeness (QED) is 0.330. The summed E-state index contributed by atoms with van der Waals surface area (Å²) in [5.74, 6) is 0. The van der Waals surface area contributed by atoms with Crippen molar-refractivity contribution in [2.45, 2.75) is 0 Å². The van der Waals surface area contributed by atoms with E-state index in [2.05, 4.69) is 0 Å². The van der Waals surface area contributed by atoms with Gasteiger partial charge in [-0.25, -0.2) is 0 Å². The van der Waals surface area contributed by atoms with Crippen molar-refractivity contribution in [3.8, 4) is 0 Å². The average molecular weight is 143 g/mol. The van der Waals surface area contributed by atoms with Crippen LogP contribution in [0.15, 0.2) is 0 Å². The summed E-state index contributed by atoms with van der Waals surface area (Å²) in [6, 6.07) is 0. The number of rotatable bonds is 4. The van der Waals surface area contributed by atoms with Crippen LogP contribution in [0.4, 0.5) is 0 Å². The van der Waals surface area contributed by atoms with Gasteiger partial charge in [0.25, 0.3) is 0 Å². The summed E-state index contributed by atoms with van der Waals surface area (Å²) < 4.78 is 0. The van der Waals surface area contributed by atoms with E-state index in [0.717, 1.165) is 0 Å². The topological polar surface area (TPSA) is 80.9 Å². The fourth-order valence-electron chi connectivity index (χ4n) is 0.300. The fourth-order valence-corrected chi connectivity index (χ4v) is 0.300. The minimum atomic E-state index is -1.11. The zero-order valence-corrected chi connectivity index (χ0v) is 6.12. The first-order valence-corrected chi connectivity index (χ1v) is 2.68. The van der Waals surface area contributed by atoms with E-state index >= 15 is 0 Å². The predicted octanol–water partition coefficient (Wildman–Crippen LogP) is -2.44. The fraction of sp³-hybridized carbons (Fsp3) is 1.00. The van der Waals surface area contributed by atoms with Gasteiger partial charge < -0.3 is 20.4 Å². The Bertz CT molecular complexity index is 56.5. The summed E-state index contributed by atoms with van der Waals surface area (Å²) in [6.07, 6.45) is 0. The van der Waals surface area contributed by atoms with Gasteiger partial charge >= 0.3 is 0 Å². The molecule has 0 heterocycles. The van der Waals surface area contributed by atoms with Crippen LogP contribution >= 0.6 is 0 Å². The van der Waals surface area contributed by atoms with E-state index in [-0.39, 0.29) is 18.9 Å². The molecule has 0 rings (SSSR count). The molecular formula is C5H12LiO4. The number of aliphatic hydroxyl groups excluding tert-OH is 4. The molecule has 10 heavy (non-hydrogen) atoms. The molecule has 57 valence electrons. The molecule has 0 aromatic carbocycles. The molecule has 0 atom stereocenters. The maximum Gasteiger partial charge on any atom is 0.0627 e. The van der Waals surface area contributed by atoms with Crippen LogP contribution < -0.4 is 0 Å². The Balaban J connectivity index is 0. The first kappa shape index (κ1) is 13.1. The maximum atomic E-state index is 8.50. The summed E-state index contributed by atoms with van der Waals surface area (Å²) in [6.45, 7) is -1.62. The van der Waals surface area contributed by atoms with Crippen LogP contribution in [0.25, 0.3) is 0 Å². The van der Waals surface area contributed by atoms with Crippen molar-refractivity contribution in [2.75, 3.05) is 26.4 Å². The molecule has 0 aliphatic carbocycles. The Kier molecular flexibility index (Phi) is 8.05. The van der Waals surface area contributed by atoms with Gasteiger partial charge in [-0.15, -0.1) is 0 Å². The van der Waals surface area contributed by atoms with Crippen molar-refractivity contribution in [3.63, 3.8) is 0 Å². The van der Waals surface area contributed by atoms with Gasteiger partial charge in [-0.2, -0.15) is 0 Å². The largest absolute Gasteiger partial charge is 0.396 e. The summed E-state index contributed by atoms with van der Waals surface area (Å²) in [4.78, 5) is 0. The Morgan fingerprint density at radius 1 is 0.700 bits per heavy atom. The Morgan fingerprint density at radius 3 is 0.900 bits per heavy atom. The van der Waals surface area contributed by atoms with E-state index < -0.39 is 31.8 Å². The van der Waals surface area contributed by atoms with Gasteiger partial charge in [0.1, 0.15) is 0 Å². The third kappa shape index (κ3) is 3.02. The van der Waals surface area contributed by atoms with Gasteiger partial charge in [-0.1, -0.05) is 0 Å². The minimum absolute atomic E-state index is 0. The van der Waals surface area contributed by atoms with Crippen LogP contribution in [0.1, 0.15) is 0 Å². The number of hydrogen-bond donors (Lipinski definition) is 4. The minimum Gasteiger partial charge on any atom is -0.396 e. The van der Waals surface area contributed by atoms with E-state index in [4.69, 9.17) is 20.4 Å².